The highest BCUT2D eigenvalue weighted by Crippen LogP contribution is 2.64. The average molecular weight is 827 g/mol. The summed E-state index contributed by atoms with van der Waals surface area (Å²) in [6.07, 6.45) is 0. The molecule has 5 heteroatoms. The standard InChI is InChI=1S/C60H34N4O/c61-35-44-56(36-17-3-1-4-18-36)62-59(63-57(44)37-19-5-2-6-20-37)43-31-33-51(55-42-25-11-16-30-52(42)65-58(43)55)64-49-29-15-10-24-41(49)54-50(64)34-32-48-53(54)40-23-9-14-28-47(40)60(48)45-26-12-7-21-38(45)39-22-8-13-27-46(39)60/h1-34H. The van der Waals surface area contributed by atoms with Crippen molar-refractivity contribution >= 4 is 43.7 Å². The Bertz CT molecular complexity index is 3920. The Hall–Kier alpha value is -8.85. The molecule has 0 radical (unpaired) electrons. The highest BCUT2D eigenvalue weighted by Gasteiger charge is 2.52. The molecule has 2 aliphatic carbocycles. The van der Waals surface area contributed by atoms with Crippen molar-refractivity contribution in [1.82, 2.24) is 14.5 Å². The van der Waals surface area contributed by atoms with Crippen LogP contribution in [0.15, 0.2) is 211 Å². The summed E-state index contributed by atoms with van der Waals surface area (Å²) in [5, 5.41) is 15.0. The summed E-state index contributed by atoms with van der Waals surface area (Å²) in [6.45, 7) is 0. The lowest BCUT2D eigenvalue weighted by atomic mass is 9.70. The first-order valence-electron chi connectivity index (χ1n) is 22.0. The van der Waals surface area contributed by atoms with Gasteiger partial charge in [-0.3, -0.25) is 0 Å². The van der Waals surface area contributed by atoms with E-state index in [1.54, 1.807) is 0 Å². The van der Waals surface area contributed by atoms with E-state index < -0.39 is 5.41 Å². The van der Waals surface area contributed by atoms with Gasteiger partial charge in [-0.15, -0.1) is 0 Å². The van der Waals surface area contributed by atoms with Gasteiger partial charge in [0, 0.05) is 27.3 Å². The van der Waals surface area contributed by atoms with Crippen LogP contribution in [0.1, 0.15) is 27.8 Å². The van der Waals surface area contributed by atoms with Crippen molar-refractivity contribution in [3.63, 3.8) is 0 Å². The Balaban J connectivity index is 1.07. The second-order valence-corrected chi connectivity index (χ2v) is 17.0. The number of nitriles is 1. The normalized spacial score (nSPS) is 13.0. The van der Waals surface area contributed by atoms with Gasteiger partial charge >= 0.3 is 0 Å². The molecule has 0 unspecified atom stereocenters. The van der Waals surface area contributed by atoms with Crippen LogP contribution in [0.5, 0.6) is 0 Å². The summed E-state index contributed by atoms with van der Waals surface area (Å²) in [5.74, 6) is 0.483. The quantitative estimate of drug-likeness (QED) is 0.177. The molecule has 0 bridgehead atoms. The van der Waals surface area contributed by atoms with Crippen LogP contribution in [0.2, 0.25) is 0 Å². The Morgan fingerprint density at radius 2 is 1.00 bits per heavy atom. The molecular formula is C60H34N4O. The highest BCUT2D eigenvalue weighted by molar-refractivity contribution is 6.21. The molecule has 5 nitrogen and oxygen atoms in total. The van der Waals surface area contributed by atoms with E-state index in [-0.39, 0.29) is 0 Å². The second kappa shape index (κ2) is 13.3. The van der Waals surface area contributed by atoms with Gasteiger partial charge in [-0.2, -0.15) is 5.26 Å². The van der Waals surface area contributed by atoms with E-state index in [0.29, 0.717) is 28.4 Å². The molecule has 0 amide bonds. The minimum atomic E-state index is -0.454. The van der Waals surface area contributed by atoms with Crippen LogP contribution < -0.4 is 0 Å². The van der Waals surface area contributed by atoms with Gasteiger partial charge < -0.3 is 8.98 Å². The predicted molar refractivity (Wildman–Crippen MR) is 261 cm³/mol. The molecule has 0 aliphatic heterocycles. The molecule has 9 aromatic carbocycles. The summed E-state index contributed by atoms with van der Waals surface area (Å²) in [7, 11) is 0. The van der Waals surface area contributed by atoms with E-state index in [4.69, 9.17) is 14.4 Å². The van der Waals surface area contributed by atoms with Crippen molar-refractivity contribution in [2.24, 2.45) is 0 Å². The van der Waals surface area contributed by atoms with Gasteiger partial charge in [-0.25, -0.2) is 9.97 Å². The molecule has 3 heterocycles. The van der Waals surface area contributed by atoms with Crippen LogP contribution in [0.3, 0.4) is 0 Å². The Kier molecular flexibility index (Phi) is 7.32. The summed E-state index contributed by atoms with van der Waals surface area (Å²) in [6, 6.07) is 75.3. The summed E-state index contributed by atoms with van der Waals surface area (Å²) >= 11 is 0. The third-order valence-corrected chi connectivity index (χ3v) is 13.9. The number of hydrogen-bond donors (Lipinski definition) is 0. The number of hydrogen-bond acceptors (Lipinski definition) is 4. The molecule has 2 aliphatic rings. The number of aromatic nitrogens is 3. The number of furan rings is 1. The fourth-order valence-electron chi connectivity index (χ4n) is 11.4. The lowest BCUT2D eigenvalue weighted by Crippen LogP contribution is -2.25. The fourth-order valence-corrected chi connectivity index (χ4v) is 11.4. The van der Waals surface area contributed by atoms with E-state index in [2.05, 4.69) is 144 Å². The summed E-state index contributed by atoms with van der Waals surface area (Å²) < 4.78 is 9.36. The molecule has 12 aromatic rings. The van der Waals surface area contributed by atoms with Crippen molar-refractivity contribution in [1.29, 1.82) is 5.26 Å². The molecule has 0 saturated heterocycles. The average Bonchev–Trinajstić information content (AvgIpc) is 4.10. The van der Waals surface area contributed by atoms with E-state index in [1.165, 1.54) is 55.3 Å². The van der Waals surface area contributed by atoms with Crippen LogP contribution in [0, 0.1) is 11.3 Å². The van der Waals surface area contributed by atoms with Gasteiger partial charge in [-0.1, -0.05) is 176 Å². The molecule has 3 aromatic heterocycles. The van der Waals surface area contributed by atoms with Gasteiger partial charge in [0.05, 0.1) is 44.5 Å². The molecule has 0 saturated carbocycles. The molecule has 300 valence electrons. The van der Waals surface area contributed by atoms with Crippen LogP contribution in [-0.2, 0) is 5.41 Å². The van der Waals surface area contributed by atoms with Crippen molar-refractivity contribution < 1.29 is 4.42 Å². The number of para-hydroxylation sites is 2. The van der Waals surface area contributed by atoms with E-state index >= 15 is 0 Å². The summed E-state index contributed by atoms with van der Waals surface area (Å²) in [4.78, 5) is 10.4. The minimum Gasteiger partial charge on any atom is -0.455 e. The molecule has 65 heavy (non-hydrogen) atoms. The zero-order valence-corrected chi connectivity index (χ0v) is 34.8. The zero-order valence-electron chi connectivity index (χ0n) is 34.8. The third-order valence-electron chi connectivity index (χ3n) is 13.9. The van der Waals surface area contributed by atoms with Crippen molar-refractivity contribution in [2.75, 3.05) is 0 Å². The first kappa shape index (κ1) is 35.7. The molecule has 0 fully saturated rings. The Morgan fingerprint density at radius 1 is 0.446 bits per heavy atom. The van der Waals surface area contributed by atoms with E-state index in [9.17, 15) is 5.26 Å². The fraction of sp³-hybridized carbons (Fsp3) is 0.0167. The minimum absolute atomic E-state index is 0.425. The smallest absolute Gasteiger partial charge is 0.164 e. The van der Waals surface area contributed by atoms with Gasteiger partial charge in [0.25, 0.3) is 0 Å². The molecule has 0 atom stereocenters. The van der Waals surface area contributed by atoms with Gasteiger partial charge in [0.15, 0.2) is 5.82 Å². The van der Waals surface area contributed by atoms with Crippen molar-refractivity contribution in [2.45, 2.75) is 5.41 Å². The van der Waals surface area contributed by atoms with Crippen molar-refractivity contribution in [3.05, 3.63) is 234 Å². The topological polar surface area (TPSA) is 67.6 Å². The van der Waals surface area contributed by atoms with Crippen LogP contribution in [-0.4, -0.2) is 14.5 Å². The first-order chi connectivity index (χ1) is 32.2. The molecule has 0 N–H and O–H groups in total. The molecule has 14 rings (SSSR count). The number of nitrogens with zero attached hydrogens (tertiary/aromatic N) is 4. The first-order valence-corrected chi connectivity index (χ1v) is 22.0. The third kappa shape index (κ3) is 4.70. The maximum absolute atomic E-state index is 10.7. The zero-order chi connectivity index (χ0) is 42.8. The Labute approximate surface area is 373 Å². The molecule has 1 spiro atoms. The number of benzene rings is 9. The Morgan fingerprint density at radius 3 is 1.66 bits per heavy atom. The van der Waals surface area contributed by atoms with Gasteiger partial charge in [0.2, 0.25) is 0 Å². The van der Waals surface area contributed by atoms with E-state index in [0.717, 1.165) is 49.8 Å². The lowest BCUT2D eigenvalue weighted by Gasteiger charge is -2.30. The van der Waals surface area contributed by atoms with Gasteiger partial charge in [0.1, 0.15) is 22.8 Å². The maximum atomic E-state index is 10.7. The maximum Gasteiger partial charge on any atom is 0.164 e. The van der Waals surface area contributed by atoms with Crippen molar-refractivity contribution in [3.8, 4) is 67.9 Å². The summed E-state index contributed by atoms with van der Waals surface area (Å²) in [5.41, 5.74) is 18.6. The van der Waals surface area contributed by atoms with Crippen LogP contribution >= 0.6 is 0 Å². The SMILES string of the molecule is N#Cc1c(-c2ccccc2)nc(-c2ccc(-n3c4ccccc4c4c5c(ccc43)C3(c4ccccc4-c4ccccc43)c3ccccc3-5)c3c2oc2ccccc23)nc1-c1ccccc1. The monoisotopic (exact) mass is 826 g/mol. The number of fused-ring (bicyclic) bond motifs is 17. The van der Waals surface area contributed by atoms with Gasteiger partial charge in [-0.05, 0) is 74.8 Å². The lowest BCUT2D eigenvalue weighted by molar-refractivity contribution is 0.669. The predicted octanol–water partition coefficient (Wildman–Crippen LogP) is 14.7. The number of rotatable bonds is 4. The highest BCUT2D eigenvalue weighted by atomic mass is 16.3. The van der Waals surface area contributed by atoms with E-state index in [1.807, 2.05) is 72.8 Å². The largest absolute Gasteiger partial charge is 0.455 e. The molecular weight excluding hydrogens is 793 g/mol. The van der Waals surface area contributed by atoms with Crippen LogP contribution in [0.25, 0.3) is 106 Å². The van der Waals surface area contributed by atoms with Crippen LogP contribution in [0.4, 0.5) is 0 Å². The second-order valence-electron chi connectivity index (χ2n) is 17.0.